The molecule has 21 heavy (non-hydrogen) atoms. The van der Waals surface area contributed by atoms with Crippen molar-refractivity contribution in [3.63, 3.8) is 0 Å². The molecule has 0 atom stereocenters. The average molecular weight is 304 g/mol. The molecule has 0 radical (unpaired) electrons. The lowest BCUT2D eigenvalue weighted by Gasteiger charge is -2.34. The Kier molecular flexibility index (Phi) is 4.12. The van der Waals surface area contributed by atoms with Gasteiger partial charge in [0.1, 0.15) is 5.76 Å². The van der Waals surface area contributed by atoms with Crippen molar-refractivity contribution >= 4 is 17.2 Å². The number of carbonyl (C=O) groups is 1. The molecule has 1 amide bonds. The summed E-state index contributed by atoms with van der Waals surface area (Å²) in [6, 6.07) is 3.91. The largest absolute Gasteiger partial charge is 0.468 e. The molecule has 0 N–H and O–H groups in total. The Labute approximate surface area is 129 Å². The fourth-order valence-corrected chi connectivity index (χ4v) is 3.49. The van der Waals surface area contributed by atoms with Crippen LogP contribution in [0.4, 0.5) is 0 Å². The molecule has 1 aliphatic rings. The Balaban J connectivity index is 1.58. The number of rotatable bonds is 3. The lowest BCUT2D eigenvalue weighted by atomic mass is 10.1. The summed E-state index contributed by atoms with van der Waals surface area (Å²) in [5.74, 6) is 1.16. The third-order valence-electron chi connectivity index (χ3n) is 4.14. The van der Waals surface area contributed by atoms with E-state index in [1.807, 2.05) is 29.3 Å². The molecule has 1 saturated heterocycles. The van der Waals surface area contributed by atoms with Crippen molar-refractivity contribution < 1.29 is 9.21 Å². The SMILES string of the molecule is Cc1scc(C(=O)N2CCN(Cc3ccco3)CC2)c1C. The maximum atomic E-state index is 12.6. The number of hydrogen-bond donors (Lipinski definition) is 0. The molecule has 0 spiro atoms. The highest BCUT2D eigenvalue weighted by Gasteiger charge is 2.24. The van der Waals surface area contributed by atoms with Crippen LogP contribution >= 0.6 is 11.3 Å². The summed E-state index contributed by atoms with van der Waals surface area (Å²) in [5, 5.41) is 1.99. The Bertz CT molecular complexity index is 610. The van der Waals surface area contributed by atoms with Gasteiger partial charge in [-0.05, 0) is 31.5 Å². The van der Waals surface area contributed by atoms with Gasteiger partial charge in [0.2, 0.25) is 0 Å². The minimum Gasteiger partial charge on any atom is -0.468 e. The van der Waals surface area contributed by atoms with Crippen LogP contribution in [0, 0.1) is 13.8 Å². The van der Waals surface area contributed by atoms with Crippen LogP contribution in [0.3, 0.4) is 0 Å². The maximum absolute atomic E-state index is 12.6. The minimum absolute atomic E-state index is 0.175. The van der Waals surface area contributed by atoms with Gasteiger partial charge in [0, 0.05) is 36.4 Å². The van der Waals surface area contributed by atoms with Gasteiger partial charge < -0.3 is 9.32 Å². The van der Waals surface area contributed by atoms with Gasteiger partial charge in [-0.2, -0.15) is 0 Å². The first-order chi connectivity index (χ1) is 10.1. The Morgan fingerprint density at radius 1 is 1.29 bits per heavy atom. The van der Waals surface area contributed by atoms with E-state index in [1.165, 1.54) is 4.88 Å². The summed E-state index contributed by atoms with van der Waals surface area (Å²) in [4.78, 5) is 18.1. The predicted molar refractivity (Wildman–Crippen MR) is 83.7 cm³/mol. The van der Waals surface area contributed by atoms with Crippen molar-refractivity contribution in [1.82, 2.24) is 9.80 Å². The second kappa shape index (κ2) is 6.03. The Morgan fingerprint density at radius 3 is 2.62 bits per heavy atom. The summed E-state index contributed by atoms with van der Waals surface area (Å²) in [7, 11) is 0. The van der Waals surface area contributed by atoms with Gasteiger partial charge in [0.25, 0.3) is 5.91 Å². The number of furan rings is 1. The standard InChI is InChI=1S/C16H20N2O2S/c1-12-13(2)21-11-15(12)16(19)18-7-5-17(6-8-18)10-14-4-3-9-20-14/h3-4,9,11H,5-8,10H2,1-2H3. The first-order valence-corrected chi connectivity index (χ1v) is 8.12. The summed E-state index contributed by atoms with van der Waals surface area (Å²) < 4.78 is 5.38. The van der Waals surface area contributed by atoms with E-state index in [0.29, 0.717) is 0 Å². The van der Waals surface area contributed by atoms with Crippen molar-refractivity contribution in [3.8, 4) is 0 Å². The highest BCUT2D eigenvalue weighted by Crippen LogP contribution is 2.22. The van der Waals surface area contributed by atoms with Gasteiger partial charge >= 0.3 is 0 Å². The fraction of sp³-hybridized carbons (Fsp3) is 0.438. The molecule has 2 aromatic heterocycles. The molecule has 0 bridgehead atoms. The van der Waals surface area contributed by atoms with Crippen LogP contribution in [0.1, 0.15) is 26.6 Å². The average Bonchev–Trinajstić information content (AvgIpc) is 3.11. The molecule has 0 unspecified atom stereocenters. The predicted octanol–water partition coefficient (Wildman–Crippen LogP) is 2.92. The first kappa shape index (κ1) is 14.4. The quantitative estimate of drug-likeness (QED) is 0.875. The minimum atomic E-state index is 0.175. The van der Waals surface area contributed by atoms with Gasteiger partial charge in [0.05, 0.1) is 18.4 Å². The molecule has 5 heteroatoms. The van der Waals surface area contributed by atoms with Crippen LogP contribution in [-0.2, 0) is 6.54 Å². The topological polar surface area (TPSA) is 36.7 Å². The van der Waals surface area contributed by atoms with Crippen molar-refractivity contribution in [2.24, 2.45) is 0 Å². The molecule has 0 aromatic carbocycles. The number of carbonyl (C=O) groups excluding carboxylic acids is 1. The molecule has 3 rings (SSSR count). The number of amides is 1. The fourth-order valence-electron chi connectivity index (χ4n) is 2.63. The summed E-state index contributed by atoms with van der Waals surface area (Å²) in [5.41, 5.74) is 2.00. The summed E-state index contributed by atoms with van der Waals surface area (Å²) in [6.45, 7) is 8.29. The smallest absolute Gasteiger partial charge is 0.255 e. The number of nitrogens with zero attached hydrogens (tertiary/aromatic N) is 2. The maximum Gasteiger partial charge on any atom is 0.255 e. The lowest BCUT2D eigenvalue weighted by Crippen LogP contribution is -2.48. The molecule has 3 heterocycles. The van der Waals surface area contributed by atoms with E-state index in [1.54, 1.807) is 17.6 Å². The molecule has 0 aliphatic carbocycles. The second-order valence-corrected chi connectivity index (χ2v) is 6.56. The van der Waals surface area contributed by atoms with Gasteiger partial charge in [-0.3, -0.25) is 9.69 Å². The first-order valence-electron chi connectivity index (χ1n) is 7.24. The van der Waals surface area contributed by atoms with Gasteiger partial charge in [-0.25, -0.2) is 0 Å². The van der Waals surface area contributed by atoms with Crippen molar-refractivity contribution in [1.29, 1.82) is 0 Å². The van der Waals surface area contributed by atoms with Gasteiger partial charge in [-0.1, -0.05) is 0 Å². The molecule has 4 nitrogen and oxygen atoms in total. The van der Waals surface area contributed by atoms with Crippen LogP contribution in [0.15, 0.2) is 28.2 Å². The normalized spacial score (nSPS) is 16.4. The van der Waals surface area contributed by atoms with Crippen LogP contribution in [0.2, 0.25) is 0 Å². The molecule has 112 valence electrons. The summed E-state index contributed by atoms with van der Waals surface area (Å²) in [6.07, 6.45) is 1.71. The van der Waals surface area contributed by atoms with E-state index in [-0.39, 0.29) is 5.91 Å². The number of hydrogen-bond acceptors (Lipinski definition) is 4. The van der Waals surface area contributed by atoms with E-state index in [4.69, 9.17) is 4.42 Å². The summed E-state index contributed by atoms with van der Waals surface area (Å²) >= 11 is 1.66. The molecule has 1 aliphatic heterocycles. The number of thiophene rings is 1. The second-order valence-electron chi connectivity index (χ2n) is 5.48. The molecule has 2 aromatic rings. The van der Waals surface area contributed by atoms with Gasteiger partial charge in [-0.15, -0.1) is 11.3 Å². The van der Waals surface area contributed by atoms with E-state index in [9.17, 15) is 4.79 Å². The number of piperazine rings is 1. The third kappa shape index (κ3) is 3.04. The Morgan fingerprint density at radius 2 is 2.05 bits per heavy atom. The molecule has 0 saturated carbocycles. The van der Waals surface area contributed by atoms with Crippen molar-refractivity contribution in [2.75, 3.05) is 26.2 Å². The van der Waals surface area contributed by atoms with Gasteiger partial charge in [0.15, 0.2) is 0 Å². The van der Waals surface area contributed by atoms with Crippen LogP contribution in [-0.4, -0.2) is 41.9 Å². The molecule has 1 fully saturated rings. The third-order valence-corrected chi connectivity index (χ3v) is 5.15. The van der Waals surface area contributed by atoms with E-state index < -0.39 is 0 Å². The molecular formula is C16H20N2O2S. The molecular weight excluding hydrogens is 284 g/mol. The lowest BCUT2D eigenvalue weighted by molar-refractivity contribution is 0.0620. The highest BCUT2D eigenvalue weighted by molar-refractivity contribution is 7.10. The monoisotopic (exact) mass is 304 g/mol. The van der Waals surface area contributed by atoms with Crippen LogP contribution < -0.4 is 0 Å². The zero-order chi connectivity index (χ0) is 14.8. The zero-order valence-electron chi connectivity index (χ0n) is 12.5. The zero-order valence-corrected chi connectivity index (χ0v) is 13.3. The van der Waals surface area contributed by atoms with Crippen LogP contribution in [0.25, 0.3) is 0 Å². The van der Waals surface area contributed by atoms with Crippen molar-refractivity contribution in [3.05, 3.63) is 45.5 Å². The number of aryl methyl sites for hydroxylation is 1. The van der Waals surface area contributed by atoms with Crippen LogP contribution in [0.5, 0.6) is 0 Å². The van der Waals surface area contributed by atoms with E-state index >= 15 is 0 Å². The van der Waals surface area contributed by atoms with E-state index in [0.717, 1.165) is 49.6 Å². The highest BCUT2D eigenvalue weighted by atomic mass is 32.1. The Hall–Kier alpha value is -1.59. The van der Waals surface area contributed by atoms with Crippen molar-refractivity contribution in [2.45, 2.75) is 20.4 Å². The van der Waals surface area contributed by atoms with E-state index in [2.05, 4.69) is 11.8 Å².